The number of hydrogen-bond donors (Lipinski definition) is 1. The molecular formula is C20H22Cl2N2O2. The Labute approximate surface area is 164 Å². The molecule has 0 aliphatic heterocycles. The zero-order valence-electron chi connectivity index (χ0n) is 15.3. The standard InChI is InChI=1S/C20H22Cl2N2O2/c1-12(2)15-8-5-7-13(3)20(15)23-18(26)11-24(14(4)25)17-10-6-9-16(21)19(17)22/h5-10,12H,11H2,1-4H3,(H,23,26). The van der Waals surface area contributed by atoms with E-state index in [1.165, 1.54) is 11.8 Å². The highest BCUT2D eigenvalue weighted by atomic mass is 35.5. The van der Waals surface area contributed by atoms with E-state index in [4.69, 9.17) is 23.2 Å². The summed E-state index contributed by atoms with van der Waals surface area (Å²) in [6.45, 7) is 7.31. The number of carbonyl (C=O) groups is 2. The van der Waals surface area contributed by atoms with E-state index in [0.717, 1.165) is 16.8 Å². The molecule has 0 unspecified atom stereocenters. The molecule has 0 fully saturated rings. The first-order valence-corrected chi connectivity index (χ1v) is 9.09. The van der Waals surface area contributed by atoms with Crippen LogP contribution in [0.25, 0.3) is 0 Å². The molecule has 0 spiro atoms. The minimum atomic E-state index is -0.299. The predicted molar refractivity (Wildman–Crippen MR) is 108 cm³/mol. The number of halogens is 2. The molecule has 0 atom stereocenters. The molecule has 2 aromatic carbocycles. The smallest absolute Gasteiger partial charge is 0.244 e. The second kappa shape index (κ2) is 8.56. The predicted octanol–water partition coefficient (Wildman–Crippen LogP) is 5.42. The number of carbonyl (C=O) groups excluding carboxylic acids is 2. The SMILES string of the molecule is CC(=O)N(CC(=O)Nc1c(C)cccc1C(C)C)c1cccc(Cl)c1Cl. The van der Waals surface area contributed by atoms with Crippen molar-refractivity contribution < 1.29 is 9.59 Å². The molecule has 1 N–H and O–H groups in total. The van der Waals surface area contributed by atoms with Gasteiger partial charge in [0.1, 0.15) is 6.54 Å². The first kappa shape index (κ1) is 20.3. The van der Waals surface area contributed by atoms with Crippen molar-refractivity contribution in [1.29, 1.82) is 0 Å². The van der Waals surface area contributed by atoms with Gasteiger partial charge in [0, 0.05) is 12.6 Å². The summed E-state index contributed by atoms with van der Waals surface area (Å²) >= 11 is 12.2. The van der Waals surface area contributed by atoms with Crippen LogP contribution in [0.1, 0.15) is 37.8 Å². The number of aryl methyl sites for hydroxylation is 1. The van der Waals surface area contributed by atoms with E-state index in [-0.39, 0.29) is 29.3 Å². The third-order valence-corrected chi connectivity index (χ3v) is 4.90. The molecule has 4 nitrogen and oxygen atoms in total. The molecule has 0 radical (unpaired) electrons. The van der Waals surface area contributed by atoms with Gasteiger partial charge < -0.3 is 10.2 Å². The minimum Gasteiger partial charge on any atom is -0.324 e. The monoisotopic (exact) mass is 392 g/mol. The quantitative estimate of drug-likeness (QED) is 0.738. The molecule has 26 heavy (non-hydrogen) atoms. The van der Waals surface area contributed by atoms with Crippen LogP contribution in [0.4, 0.5) is 11.4 Å². The summed E-state index contributed by atoms with van der Waals surface area (Å²) in [6.07, 6.45) is 0. The number of rotatable bonds is 5. The van der Waals surface area contributed by atoms with Crippen LogP contribution in [0.2, 0.25) is 10.0 Å². The largest absolute Gasteiger partial charge is 0.324 e. The van der Waals surface area contributed by atoms with Gasteiger partial charge in [-0.1, -0.05) is 61.3 Å². The summed E-state index contributed by atoms with van der Waals surface area (Å²) in [4.78, 5) is 26.0. The molecule has 0 saturated heterocycles. The van der Waals surface area contributed by atoms with Gasteiger partial charge >= 0.3 is 0 Å². The van der Waals surface area contributed by atoms with E-state index in [1.54, 1.807) is 18.2 Å². The Kier molecular flexibility index (Phi) is 6.68. The lowest BCUT2D eigenvalue weighted by Crippen LogP contribution is -2.37. The maximum Gasteiger partial charge on any atom is 0.244 e. The Balaban J connectivity index is 2.28. The number of amides is 2. The van der Waals surface area contributed by atoms with Gasteiger partial charge in [-0.25, -0.2) is 0 Å². The van der Waals surface area contributed by atoms with Crippen molar-refractivity contribution in [3.05, 3.63) is 57.6 Å². The van der Waals surface area contributed by atoms with E-state index in [1.807, 2.05) is 25.1 Å². The maximum atomic E-state index is 12.6. The van der Waals surface area contributed by atoms with Crippen molar-refractivity contribution in [2.24, 2.45) is 0 Å². The van der Waals surface area contributed by atoms with E-state index in [9.17, 15) is 9.59 Å². The maximum absolute atomic E-state index is 12.6. The average Bonchev–Trinajstić information content (AvgIpc) is 2.57. The molecule has 138 valence electrons. The Hall–Kier alpha value is -2.04. The second-order valence-corrected chi connectivity index (χ2v) is 7.21. The molecule has 2 amide bonds. The zero-order valence-corrected chi connectivity index (χ0v) is 16.8. The molecule has 0 aliphatic carbocycles. The van der Waals surface area contributed by atoms with Gasteiger partial charge in [0.05, 0.1) is 15.7 Å². The summed E-state index contributed by atoms with van der Waals surface area (Å²) in [7, 11) is 0. The summed E-state index contributed by atoms with van der Waals surface area (Å²) in [6, 6.07) is 10.9. The van der Waals surface area contributed by atoms with Crippen LogP contribution >= 0.6 is 23.2 Å². The Morgan fingerprint density at radius 1 is 1.12 bits per heavy atom. The fraction of sp³-hybridized carbons (Fsp3) is 0.300. The summed E-state index contributed by atoms with van der Waals surface area (Å²) < 4.78 is 0. The van der Waals surface area contributed by atoms with Gasteiger partial charge in [-0.15, -0.1) is 0 Å². The number of benzene rings is 2. The first-order chi connectivity index (χ1) is 12.2. The van der Waals surface area contributed by atoms with Crippen molar-refractivity contribution in [3.8, 4) is 0 Å². The van der Waals surface area contributed by atoms with Crippen LogP contribution in [-0.2, 0) is 9.59 Å². The zero-order chi connectivity index (χ0) is 19.4. The van der Waals surface area contributed by atoms with Gasteiger partial charge in [0.2, 0.25) is 11.8 Å². The molecule has 0 aliphatic rings. The number of nitrogens with zero attached hydrogens (tertiary/aromatic N) is 1. The number of anilines is 2. The number of hydrogen-bond acceptors (Lipinski definition) is 2. The van der Waals surface area contributed by atoms with Gasteiger partial charge in [0.15, 0.2) is 0 Å². The molecule has 6 heteroatoms. The fourth-order valence-electron chi connectivity index (χ4n) is 2.73. The highest BCUT2D eigenvalue weighted by Gasteiger charge is 2.21. The van der Waals surface area contributed by atoms with Gasteiger partial charge in [-0.3, -0.25) is 9.59 Å². The Morgan fingerprint density at radius 2 is 1.77 bits per heavy atom. The Bertz CT molecular complexity index is 835. The normalized spacial score (nSPS) is 10.7. The molecule has 0 heterocycles. The third kappa shape index (κ3) is 4.57. The first-order valence-electron chi connectivity index (χ1n) is 8.33. The molecular weight excluding hydrogens is 371 g/mol. The van der Waals surface area contributed by atoms with Gasteiger partial charge in [-0.05, 0) is 36.1 Å². The molecule has 0 aromatic heterocycles. The summed E-state index contributed by atoms with van der Waals surface area (Å²) in [5.41, 5.74) is 3.22. The Morgan fingerprint density at radius 3 is 2.38 bits per heavy atom. The lowest BCUT2D eigenvalue weighted by Gasteiger charge is -2.23. The fourth-order valence-corrected chi connectivity index (χ4v) is 3.13. The van der Waals surface area contributed by atoms with Crippen LogP contribution in [0.3, 0.4) is 0 Å². The van der Waals surface area contributed by atoms with Crippen molar-refractivity contribution in [2.75, 3.05) is 16.8 Å². The van der Waals surface area contributed by atoms with Crippen LogP contribution in [0.15, 0.2) is 36.4 Å². The summed E-state index contributed by atoms with van der Waals surface area (Å²) in [5.74, 6) is -0.331. The van der Waals surface area contributed by atoms with Crippen molar-refractivity contribution in [1.82, 2.24) is 0 Å². The van der Waals surface area contributed by atoms with Crippen LogP contribution in [0.5, 0.6) is 0 Å². The number of nitrogens with one attached hydrogen (secondary N) is 1. The highest BCUT2D eigenvalue weighted by Crippen LogP contribution is 2.33. The van der Waals surface area contributed by atoms with Crippen LogP contribution < -0.4 is 10.2 Å². The molecule has 0 saturated carbocycles. The van der Waals surface area contributed by atoms with E-state index in [0.29, 0.717) is 10.7 Å². The lowest BCUT2D eigenvalue weighted by atomic mass is 9.98. The molecule has 2 rings (SSSR count). The molecule has 0 bridgehead atoms. The van der Waals surface area contributed by atoms with Crippen LogP contribution in [0, 0.1) is 6.92 Å². The average molecular weight is 393 g/mol. The van der Waals surface area contributed by atoms with Crippen molar-refractivity contribution in [2.45, 2.75) is 33.6 Å². The van der Waals surface area contributed by atoms with Crippen LogP contribution in [-0.4, -0.2) is 18.4 Å². The molecule has 2 aromatic rings. The van der Waals surface area contributed by atoms with Gasteiger partial charge in [0.25, 0.3) is 0 Å². The lowest BCUT2D eigenvalue weighted by molar-refractivity contribution is -0.120. The topological polar surface area (TPSA) is 49.4 Å². The second-order valence-electron chi connectivity index (χ2n) is 6.42. The van der Waals surface area contributed by atoms with E-state index < -0.39 is 0 Å². The van der Waals surface area contributed by atoms with Gasteiger partial charge in [-0.2, -0.15) is 0 Å². The van der Waals surface area contributed by atoms with E-state index in [2.05, 4.69) is 19.2 Å². The summed E-state index contributed by atoms with van der Waals surface area (Å²) in [5, 5.41) is 3.52. The number of para-hydroxylation sites is 1. The minimum absolute atomic E-state index is 0.152. The van der Waals surface area contributed by atoms with Crippen molar-refractivity contribution in [3.63, 3.8) is 0 Å². The highest BCUT2D eigenvalue weighted by molar-refractivity contribution is 6.44. The third-order valence-electron chi connectivity index (χ3n) is 4.10. The van der Waals surface area contributed by atoms with E-state index >= 15 is 0 Å². The van der Waals surface area contributed by atoms with Crippen molar-refractivity contribution >= 4 is 46.4 Å².